The van der Waals surface area contributed by atoms with Crippen LogP contribution in [-0.2, 0) is 0 Å². The molecule has 1 heterocycles. The molecule has 0 aliphatic heterocycles. The first-order valence-corrected chi connectivity index (χ1v) is 5.17. The summed E-state index contributed by atoms with van der Waals surface area (Å²) in [7, 11) is 0. The van der Waals surface area contributed by atoms with Gasteiger partial charge in [-0.3, -0.25) is 10.1 Å². The number of pyridine rings is 1. The van der Waals surface area contributed by atoms with Crippen LogP contribution in [0.4, 0.5) is 10.1 Å². The van der Waals surface area contributed by atoms with Gasteiger partial charge in [-0.25, -0.2) is 4.98 Å². The van der Waals surface area contributed by atoms with Gasteiger partial charge in [0.1, 0.15) is 16.5 Å². The molecule has 0 spiro atoms. The van der Waals surface area contributed by atoms with E-state index in [9.17, 15) is 14.5 Å². The van der Waals surface area contributed by atoms with E-state index < -0.39 is 10.9 Å². The van der Waals surface area contributed by atoms with Crippen LogP contribution < -0.4 is 4.74 Å². The predicted octanol–water partition coefficient (Wildman–Crippen LogP) is 3.57. The zero-order valence-corrected chi connectivity index (χ0v) is 9.60. The van der Waals surface area contributed by atoms with Crippen LogP contribution in [0, 0.1) is 16.1 Å². The second-order valence-electron chi connectivity index (χ2n) is 3.29. The highest BCUT2D eigenvalue weighted by atomic mass is 35.5. The van der Waals surface area contributed by atoms with Crippen molar-refractivity contribution in [3.63, 3.8) is 0 Å². The summed E-state index contributed by atoms with van der Waals surface area (Å²) in [6, 6.07) is 6.43. The maximum absolute atomic E-state index is 12.8. The second kappa shape index (κ2) is 4.97. The number of rotatable bonds is 3. The summed E-state index contributed by atoms with van der Waals surface area (Å²) in [6.45, 7) is 0. The molecule has 5 nitrogen and oxygen atoms in total. The fourth-order valence-corrected chi connectivity index (χ4v) is 1.52. The van der Waals surface area contributed by atoms with Gasteiger partial charge in [-0.2, -0.15) is 4.39 Å². The fourth-order valence-electron chi connectivity index (χ4n) is 1.28. The number of hydrogen-bond donors (Lipinski definition) is 0. The fraction of sp³-hybridized carbons (Fsp3) is 0. The van der Waals surface area contributed by atoms with Gasteiger partial charge in [-0.05, 0) is 12.1 Å². The van der Waals surface area contributed by atoms with E-state index in [0.717, 1.165) is 6.07 Å². The van der Waals surface area contributed by atoms with Crippen LogP contribution in [0.5, 0.6) is 11.5 Å². The first-order chi connectivity index (χ1) is 8.56. The molecule has 0 fully saturated rings. The smallest absolute Gasteiger partial charge is 0.288 e. The number of aromatic nitrogens is 1. The van der Waals surface area contributed by atoms with Crippen molar-refractivity contribution >= 4 is 17.3 Å². The lowest BCUT2D eigenvalue weighted by Crippen LogP contribution is -1.91. The zero-order valence-electron chi connectivity index (χ0n) is 8.84. The minimum Gasteiger partial charge on any atom is -0.457 e. The van der Waals surface area contributed by atoms with E-state index in [1.165, 1.54) is 30.5 Å². The Morgan fingerprint density at radius 2 is 2.00 bits per heavy atom. The van der Waals surface area contributed by atoms with E-state index in [1.54, 1.807) is 0 Å². The summed E-state index contributed by atoms with van der Waals surface area (Å²) in [5.41, 5.74) is -0.218. The Bertz CT molecular complexity index is 607. The molecule has 0 amide bonds. The van der Waals surface area contributed by atoms with Gasteiger partial charge in [0.25, 0.3) is 5.69 Å². The van der Waals surface area contributed by atoms with Crippen molar-refractivity contribution < 1.29 is 14.1 Å². The highest BCUT2D eigenvalue weighted by Gasteiger charge is 2.12. The van der Waals surface area contributed by atoms with Gasteiger partial charge < -0.3 is 4.74 Å². The average molecular weight is 269 g/mol. The van der Waals surface area contributed by atoms with Crippen molar-refractivity contribution in [1.82, 2.24) is 4.98 Å². The first kappa shape index (κ1) is 12.3. The van der Waals surface area contributed by atoms with Gasteiger partial charge in [-0.1, -0.05) is 11.6 Å². The van der Waals surface area contributed by atoms with E-state index in [-0.39, 0.29) is 22.2 Å². The van der Waals surface area contributed by atoms with Crippen molar-refractivity contribution in [2.45, 2.75) is 0 Å². The Balaban J connectivity index is 2.25. The summed E-state index contributed by atoms with van der Waals surface area (Å²) in [6.07, 6.45) is 1.25. The number of ether oxygens (including phenoxy) is 1. The molecule has 1 aromatic heterocycles. The normalized spacial score (nSPS) is 10.1. The molecule has 0 atom stereocenters. The monoisotopic (exact) mass is 268 g/mol. The van der Waals surface area contributed by atoms with Crippen LogP contribution in [0.1, 0.15) is 0 Å². The van der Waals surface area contributed by atoms with Gasteiger partial charge >= 0.3 is 0 Å². The van der Waals surface area contributed by atoms with Crippen LogP contribution >= 0.6 is 11.6 Å². The number of halogens is 2. The third-order valence-electron chi connectivity index (χ3n) is 2.05. The highest BCUT2D eigenvalue weighted by Crippen LogP contribution is 2.30. The molecule has 0 N–H and O–H groups in total. The average Bonchev–Trinajstić information content (AvgIpc) is 2.28. The van der Waals surface area contributed by atoms with Crippen molar-refractivity contribution in [3.05, 3.63) is 57.6 Å². The molecule has 0 radical (unpaired) electrons. The third-order valence-corrected chi connectivity index (χ3v) is 2.35. The Kier molecular flexibility index (Phi) is 3.38. The number of nitro groups is 1. The Labute approximate surface area is 106 Å². The van der Waals surface area contributed by atoms with Crippen LogP contribution in [0.3, 0.4) is 0 Å². The van der Waals surface area contributed by atoms with Gasteiger partial charge in [0.05, 0.1) is 4.92 Å². The van der Waals surface area contributed by atoms with Crippen molar-refractivity contribution in [2.75, 3.05) is 0 Å². The molecule has 0 bridgehead atoms. The molecule has 7 heteroatoms. The molecule has 2 rings (SSSR count). The molecule has 18 heavy (non-hydrogen) atoms. The van der Waals surface area contributed by atoms with E-state index in [1.807, 2.05) is 0 Å². The van der Waals surface area contributed by atoms with Crippen molar-refractivity contribution in [2.24, 2.45) is 0 Å². The Morgan fingerprint density at radius 1 is 1.28 bits per heavy atom. The molecule has 0 saturated carbocycles. The number of benzene rings is 1. The quantitative estimate of drug-likeness (QED) is 0.485. The summed E-state index contributed by atoms with van der Waals surface area (Å²) in [5.74, 6) is -0.177. The number of hydrogen-bond acceptors (Lipinski definition) is 4. The zero-order chi connectivity index (χ0) is 13.1. The molecule has 1 aromatic carbocycles. The van der Waals surface area contributed by atoms with Gasteiger partial charge in [0.2, 0.25) is 5.95 Å². The number of nitrogens with zero attached hydrogens (tertiary/aromatic N) is 2. The standard InChI is InChI=1S/C11H6ClFN2O3/c12-9-5-7(1-2-10(9)15(16)17)18-8-3-4-14-11(13)6-8/h1-6H. The first-order valence-electron chi connectivity index (χ1n) is 4.79. The van der Waals surface area contributed by atoms with Crippen LogP contribution in [0.25, 0.3) is 0 Å². The largest absolute Gasteiger partial charge is 0.457 e. The Morgan fingerprint density at radius 3 is 2.61 bits per heavy atom. The Hall–Kier alpha value is -2.21. The lowest BCUT2D eigenvalue weighted by atomic mass is 10.3. The van der Waals surface area contributed by atoms with Crippen LogP contribution in [0.15, 0.2) is 36.5 Å². The minimum absolute atomic E-state index is 0.0490. The van der Waals surface area contributed by atoms with Gasteiger partial charge in [-0.15, -0.1) is 0 Å². The maximum Gasteiger partial charge on any atom is 0.288 e. The van der Waals surface area contributed by atoms with E-state index in [4.69, 9.17) is 16.3 Å². The van der Waals surface area contributed by atoms with E-state index in [2.05, 4.69) is 4.98 Å². The van der Waals surface area contributed by atoms with Gasteiger partial charge in [0.15, 0.2) is 0 Å². The summed E-state index contributed by atoms with van der Waals surface area (Å²) in [5, 5.41) is 10.5. The molecule has 2 aromatic rings. The van der Waals surface area contributed by atoms with Crippen LogP contribution in [-0.4, -0.2) is 9.91 Å². The molecular weight excluding hydrogens is 263 g/mol. The van der Waals surface area contributed by atoms with Crippen molar-refractivity contribution in [3.8, 4) is 11.5 Å². The van der Waals surface area contributed by atoms with Crippen molar-refractivity contribution in [1.29, 1.82) is 0 Å². The highest BCUT2D eigenvalue weighted by molar-refractivity contribution is 6.32. The second-order valence-corrected chi connectivity index (χ2v) is 3.69. The summed E-state index contributed by atoms with van der Waals surface area (Å²) < 4.78 is 18.1. The lowest BCUT2D eigenvalue weighted by Gasteiger charge is -2.05. The molecule has 0 saturated heterocycles. The molecular formula is C11H6ClFN2O3. The maximum atomic E-state index is 12.8. The van der Waals surface area contributed by atoms with E-state index >= 15 is 0 Å². The molecule has 0 unspecified atom stereocenters. The third kappa shape index (κ3) is 2.72. The molecule has 0 aliphatic rings. The SMILES string of the molecule is O=[N+]([O-])c1ccc(Oc2ccnc(F)c2)cc1Cl. The topological polar surface area (TPSA) is 65.3 Å². The summed E-state index contributed by atoms with van der Waals surface area (Å²) in [4.78, 5) is 13.3. The summed E-state index contributed by atoms with van der Waals surface area (Å²) >= 11 is 5.71. The van der Waals surface area contributed by atoms with Crippen LogP contribution in [0.2, 0.25) is 5.02 Å². The predicted molar refractivity (Wildman–Crippen MR) is 62.4 cm³/mol. The minimum atomic E-state index is -0.680. The number of nitro benzene ring substituents is 1. The lowest BCUT2D eigenvalue weighted by molar-refractivity contribution is -0.384. The molecule has 92 valence electrons. The van der Waals surface area contributed by atoms with E-state index in [0.29, 0.717) is 0 Å². The van der Waals surface area contributed by atoms with Gasteiger partial charge in [0, 0.05) is 24.4 Å². The molecule has 0 aliphatic carbocycles.